The predicted octanol–water partition coefficient (Wildman–Crippen LogP) is 4.88. The molecular formula is C29H25N5O3S. The molecule has 0 atom stereocenters. The number of aromatic nitrogens is 1. The number of carbonyl (C=O) groups excluding carboxylic acids is 1. The van der Waals surface area contributed by atoms with Crippen molar-refractivity contribution in [3.05, 3.63) is 103 Å². The predicted molar refractivity (Wildman–Crippen MR) is 154 cm³/mol. The van der Waals surface area contributed by atoms with Crippen molar-refractivity contribution in [2.75, 3.05) is 33.9 Å². The lowest BCUT2D eigenvalue weighted by Gasteiger charge is -2.24. The van der Waals surface area contributed by atoms with E-state index in [1.807, 2.05) is 71.8 Å². The summed E-state index contributed by atoms with van der Waals surface area (Å²) in [7, 11) is 0. The molecule has 1 amide bonds. The van der Waals surface area contributed by atoms with Crippen molar-refractivity contribution in [3.8, 4) is 0 Å². The molecule has 0 unspecified atom stereocenters. The van der Waals surface area contributed by atoms with Gasteiger partial charge in [0, 0.05) is 42.6 Å². The van der Waals surface area contributed by atoms with Crippen molar-refractivity contribution in [3.63, 3.8) is 0 Å². The molecule has 0 spiro atoms. The minimum atomic E-state index is -0.475. The molecule has 3 aromatic carbocycles. The van der Waals surface area contributed by atoms with Gasteiger partial charge in [0.1, 0.15) is 16.3 Å². The fourth-order valence-corrected chi connectivity index (χ4v) is 5.74. The van der Waals surface area contributed by atoms with Crippen LogP contribution in [-0.2, 0) is 13.0 Å². The van der Waals surface area contributed by atoms with Crippen LogP contribution in [0.4, 0.5) is 28.4 Å². The topological polar surface area (TPSA) is 103 Å². The van der Waals surface area contributed by atoms with Gasteiger partial charge in [0.15, 0.2) is 0 Å². The fourth-order valence-electron chi connectivity index (χ4n) is 4.98. The molecule has 190 valence electrons. The Kier molecular flexibility index (Phi) is 6.13. The van der Waals surface area contributed by atoms with Crippen LogP contribution >= 0.6 is 11.3 Å². The Balaban J connectivity index is 1.20. The molecule has 1 aliphatic rings. The van der Waals surface area contributed by atoms with E-state index >= 15 is 0 Å². The average Bonchev–Trinajstić information content (AvgIpc) is 3.58. The molecule has 0 fully saturated rings. The lowest BCUT2D eigenvalue weighted by atomic mass is 10.1. The zero-order valence-corrected chi connectivity index (χ0v) is 21.5. The van der Waals surface area contributed by atoms with Crippen molar-refractivity contribution in [1.29, 1.82) is 0 Å². The Morgan fingerprint density at radius 2 is 1.92 bits per heavy atom. The largest absolute Gasteiger partial charge is 0.380 e. The van der Waals surface area contributed by atoms with Gasteiger partial charge in [-0.3, -0.25) is 19.4 Å². The van der Waals surface area contributed by atoms with Crippen LogP contribution in [0.5, 0.6) is 0 Å². The number of hydrogen-bond donors (Lipinski definition) is 3. The molecule has 0 saturated carbocycles. The first-order chi connectivity index (χ1) is 18.5. The third-order valence-corrected chi connectivity index (χ3v) is 7.74. The Labute approximate surface area is 222 Å². The molecule has 6 rings (SSSR count). The van der Waals surface area contributed by atoms with Gasteiger partial charge in [0.2, 0.25) is 0 Å². The van der Waals surface area contributed by atoms with Gasteiger partial charge in [-0.2, -0.15) is 0 Å². The molecule has 5 aromatic rings. The van der Waals surface area contributed by atoms with Crippen molar-refractivity contribution in [2.24, 2.45) is 0 Å². The second kappa shape index (κ2) is 9.75. The normalized spacial score (nSPS) is 12.6. The minimum Gasteiger partial charge on any atom is -0.380 e. The monoisotopic (exact) mass is 523 g/mol. The van der Waals surface area contributed by atoms with E-state index in [-0.39, 0.29) is 5.91 Å². The van der Waals surface area contributed by atoms with Crippen LogP contribution in [-0.4, -0.2) is 24.0 Å². The third kappa shape index (κ3) is 4.10. The van der Waals surface area contributed by atoms with Gasteiger partial charge in [-0.15, -0.1) is 11.3 Å². The number of pyridine rings is 1. The third-order valence-electron chi connectivity index (χ3n) is 6.83. The van der Waals surface area contributed by atoms with E-state index in [1.54, 1.807) is 6.20 Å². The van der Waals surface area contributed by atoms with Crippen molar-refractivity contribution < 1.29 is 4.79 Å². The number of nitrogens with one attached hydrogen (secondary N) is 3. The Morgan fingerprint density at radius 1 is 1.05 bits per heavy atom. The Morgan fingerprint density at radius 3 is 2.79 bits per heavy atom. The molecule has 0 saturated heterocycles. The summed E-state index contributed by atoms with van der Waals surface area (Å²) in [5.74, 6) is -0.214. The summed E-state index contributed by atoms with van der Waals surface area (Å²) in [6, 6.07) is 17.6. The molecule has 8 nitrogen and oxygen atoms in total. The van der Waals surface area contributed by atoms with Crippen LogP contribution in [0.2, 0.25) is 0 Å². The summed E-state index contributed by atoms with van der Waals surface area (Å²) in [6.45, 7) is 3.62. The van der Waals surface area contributed by atoms with Gasteiger partial charge >= 0.3 is 0 Å². The van der Waals surface area contributed by atoms with Gasteiger partial charge in [0.05, 0.1) is 11.2 Å². The number of benzene rings is 2. The van der Waals surface area contributed by atoms with Crippen LogP contribution in [0.25, 0.3) is 10.9 Å². The summed E-state index contributed by atoms with van der Waals surface area (Å²) < 4.78 is 0. The Hall–Kier alpha value is -4.50. The number of nitrogens with zero attached hydrogens (tertiary/aromatic N) is 2. The van der Waals surface area contributed by atoms with E-state index in [4.69, 9.17) is 0 Å². The highest BCUT2D eigenvalue weighted by Gasteiger charge is 2.31. The van der Waals surface area contributed by atoms with E-state index in [0.717, 1.165) is 39.8 Å². The lowest BCUT2D eigenvalue weighted by Crippen LogP contribution is -2.40. The van der Waals surface area contributed by atoms with Gasteiger partial charge in [-0.25, -0.2) is 0 Å². The lowest BCUT2D eigenvalue weighted by molar-refractivity contribution is 0.103. The summed E-state index contributed by atoms with van der Waals surface area (Å²) in [5.41, 5.74) is 5.16. The van der Waals surface area contributed by atoms with E-state index in [0.29, 0.717) is 41.6 Å². The molecule has 3 heterocycles. The van der Waals surface area contributed by atoms with Crippen LogP contribution in [0.15, 0.2) is 75.8 Å². The number of thiophene rings is 1. The number of amides is 1. The number of para-hydroxylation sites is 1. The van der Waals surface area contributed by atoms with E-state index in [9.17, 15) is 14.4 Å². The highest BCUT2D eigenvalue weighted by molar-refractivity contribution is 7.12. The Bertz CT molecular complexity index is 1750. The zero-order chi connectivity index (χ0) is 26.2. The molecular weight excluding hydrogens is 498 g/mol. The van der Waals surface area contributed by atoms with Crippen molar-refractivity contribution in [1.82, 2.24) is 4.98 Å². The smallest absolute Gasteiger partial charge is 0.267 e. The molecule has 38 heavy (non-hydrogen) atoms. The van der Waals surface area contributed by atoms with Crippen LogP contribution < -0.4 is 31.7 Å². The van der Waals surface area contributed by atoms with Gasteiger partial charge in [-0.05, 0) is 60.2 Å². The molecule has 2 aromatic heterocycles. The maximum absolute atomic E-state index is 13.3. The number of rotatable bonds is 8. The fraction of sp³-hybridized carbons (Fsp3) is 0.172. The maximum Gasteiger partial charge on any atom is 0.267 e. The quantitative estimate of drug-likeness (QED) is 0.249. The number of fused-ring (bicyclic) bond motifs is 2. The second-order valence-corrected chi connectivity index (χ2v) is 10.0. The molecule has 9 heteroatoms. The van der Waals surface area contributed by atoms with Crippen molar-refractivity contribution >= 4 is 56.6 Å². The number of carbonyl (C=O) groups is 1. The second-order valence-electron chi connectivity index (χ2n) is 9.12. The summed E-state index contributed by atoms with van der Waals surface area (Å²) in [4.78, 5) is 44.5. The molecule has 1 aliphatic heterocycles. The summed E-state index contributed by atoms with van der Waals surface area (Å²) in [6.07, 6.45) is 2.55. The van der Waals surface area contributed by atoms with Crippen LogP contribution in [0.3, 0.4) is 0 Å². The van der Waals surface area contributed by atoms with E-state index < -0.39 is 10.9 Å². The summed E-state index contributed by atoms with van der Waals surface area (Å²) in [5, 5.41) is 12.4. The maximum atomic E-state index is 13.3. The van der Waals surface area contributed by atoms with Crippen LogP contribution in [0, 0.1) is 0 Å². The van der Waals surface area contributed by atoms with Gasteiger partial charge in [0.25, 0.3) is 16.8 Å². The highest BCUT2D eigenvalue weighted by Crippen LogP contribution is 2.38. The highest BCUT2D eigenvalue weighted by atomic mass is 32.1. The first kappa shape index (κ1) is 23.9. The van der Waals surface area contributed by atoms with Crippen LogP contribution in [0.1, 0.15) is 27.7 Å². The van der Waals surface area contributed by atoms with E-state index in [2.05, 4.69) is 20.9 Å². The average molecular weight is 524 g/mol. The molecule has 0 radical (unpaired) electrons. The minimum absolute atomic E-state index is 0.214. The number of hydrogen-bond acceptors (Lipinski definition) is 8. The molecule has 0 bridgehead atoms. The standard InChI is InChI=1S/C29H25N5O3S/c1-2-30-24-25(27(36)26(24)35)34-13-10-17-7-8-19(15-23(17)34)33-29(37)28-22(11-14-38-28)32-16-18-9-12-31-21-6-4-3-5-20(18)21/h3-9,11-12,14-15,30,32H,2,10,13,16H2,1H3,(H,33,37). The summed E-state index contributed by atoms with van der Waals surface area (Å²) >= 11 is 1.37. The van der Waals surface area contributed by atoms with Gasteiger partial charge in [-0.1, -0.05) is 24.3 Å². The number of anilines is 5. The molecule has 0 aliphatic carbocycles. The molecule has 3 N–H and O–H groups in total. The zero-order valence-electron chi connectivity index (χ0n) is 20.7. The van der Waals surface area contributed by atoms with E-state index in [1.165, 1.54) is 11.3 Å². The first-order valence-corrected chi connectivity index (χ1v) is 13.4. The first-order valence-electron chi connectivity index (χ1n) is 12.5. The SMILES string of the molecule is CCNc1c(N2CCc3ccc(NC(=O)c4sccc4NCc4ccnc5ccccc45)cc32)c(=O)c1=O. The van der Waals surface area contributed by atoms with Crippen molar-refractivity contribution in [2.45, 2.75) is 19.9 Å². The van der Waals surface area contributed by atoms with Gasteiger partial charge < -0.3 is 20.9 Å².